The number of rotatable bonds is 4. The van der Waals surface area contributed by atoms with Crippen LogP contribution in [0, 0.1) is 0 Å². The Morgan fingerprint density at radius 2 is 2.23 bits per heavy atom. The van der Waals surface area contributed by atoms with E-state index in [0.717, 1.165) is 23.4 Å². The topological polar surface area (TPSA) is 58.2 Å². The van der Waals surface area contributed by atoms with E-state index in [4.69, 9.17) is 0 Å². The van der Waals surface area contributed by atoms with Crippen molar-refractivity contribution >= 4 is 29.3 Å². The molecule has 2 atom stereocenters. The van der Waals surface area contributed by atoms with Gasteiger partial charge in [0.1, 0.15) is 0 Å². The number of aryl methyl sites for hydroxylation is 1. The number of thioether (sulfide) groups is 1. The van der Waals surface area contributed by atoms with Crippen molar-refractivity contribution in [3.05, 3.63) is 29.3 Å². The van der Waals surface area contributed by atoms with Crippen LogP contribution in [0.1, 0.15) is 48.5 Å². The molecule has 0 unspecified atom stereocenters. The fraction of sp³-hybridized carbons (Fsp3) is 0.529. The lowest BCUT2D eigenvalue weighted by Crippen LogP contribution is -2.38. The summed E-state index contributed by atoms with van der Waals surface area (Å²) < 4.78 is 0. The third kappa shape index (κ3) is 3.29. The first kappa shape index (κ1) is 15.4. The van der Waals surface area contributed by atoms with Crippen molar-refractivity contribution in [3.63, 3.8) is 0 Å². The van der Waals surface area contributed by atoms with Crippen LogP contribution in [0.15, 0.2) is 18.2 Å². The van der Waals surface area contributed by atoms with E-state index in [2.05, 4.69) is 17.6 Å². The molecule has 2 amide bonds. The summed E-state index contributed by atoms with van der Waals surface area (Å²) in [6, 6.07) is 5.85. The minimum atomic E-state index is 0.00769. The molecule has 1 heterocycles. The lowest BCUT2D eigenvalue weighted by Gasteiger charge is -2.21. The molecular weight excluding hydrogens is 296 g/mol. The highest BCUT2D eigenvalue weighted by Crippen LogP contribution is 2.30. The Morgan fingerprint density at radius 3 is 3.05 bits per heavy atom. The van der Waals surface area contributed by atoms with Gasteiger partial charge in [-0.25, -0.2) is 0 Å². The second-order valence-corrected chi connectivity index (χ2v) is 7.44. The summed E-state index contributed by atoms with van der Waals surface area (Å²) in [7, 11) is 0. The standard InChI is InChI=1S/C17H22N2O2S/c1-2-22-15-5-3-4-14(15)19-17(21)12-6-8-13-11(10-12)7-9-16(20)18-13/h6,8,10,14-15H,2-5,7,9H2,1H3,(H,18,20)(H,19,21)/t14-,15-/m1/s1. The molecule has 4 nitrogen and oxygen atoms in total. The maximum Gasteiger partial charge on any atom is 0.251 e. The third-order valence-electron chi connectivity index (χ3n) is 4.41. The van der Waals surface area contributed by atoms with Gasteiger partial charge in [-0.3, -0.25) is 9.59 Å². The van der Waals surface area contributed by atoms with Gasteiger partial charge in [0.05, 0.1) is 0 Å². The van der Waals surface area contributed by atoms with Crippen molar-refractivity contribution in [2.45, 2.75) is 50.3 Å². The van der Waals surface area contributed by atoms with E-state index in [1.54, 1.807) is 6.07 Å². The number of hydrogen-bond acceptors (Lipinski definition) is 3. The number of hydrogen-bond donors (Lipinski definition) is 2. The molecule has 22 heavy (non-hydrogen) atoms. The molecule has 0 bridgehead atoms. The van der Waals surface area contributed by atoms with Gasteiger partial charge >= 0.3 is 0 Å². The van der Waals surface area contributed by atoms with Crippen molar-refractivity contribution in [2.24, 2.45) is 0 Å². The lowest BCUT2D eigenvalue weighted by molar-refractivity contribution is -0.116. The molecule has 118 valence electrons. The first-order chi connectivity index (χ1) is 10.7. The maximum atomic E-state index is 12.5. The molecule has 0 saturated heterocycles. The Morgan fingerprint density at radius 1 is 1.36 bits per heavy atom. The van der Waals surface area contributed by atoms with Gasteiger partial charge in [0.25, 0.3) is 5.91 Å². The molecule has 2 N–H and O–H groups in total. The van der Waals surface area contributed by atoms with Crippen LogP contribution in [0.3, 0.4) is 0 Å². The fourth-order valence-corrected chi connectivity index (χ4v) is 4.48. The number of anilines is 1. The minimum absolute atomic E-state index is 0.00769. The summed E-state index contributed by atoms with van der Waals surface area (Å²) in [5, 5.41) is 6.59. The van der Waals surface area contributed by atoms with Crippen molar-refractivity contribution in [1.29, 1.82) is 0 Å². The zero-order valence-corrected chi connectivity index (χ0v) is 13.7. The predicted molar refractivity (Wildman–Crippen MR) is 90.4 cm³/mol. The average molecular weight is 318 g/mol. The Labute approximate surface area is 135 Å². The number of nitrogens with one attached hydrogen (secondary N) is 2. The summed E-state index contributed by atoms with van der Waals surface area (Å²) in [6.45, 7) is 2.17. The summed E-state index contributed by atoms with van der Waals surface area (Å²) in [4.78, 5) is 23.9. The maximum absolute atomic E-state index is 12.5. The molecule has 1 saturated carbocycles. The first-order valence-electron chi connectivity index (χ1n) is 8.02. The summed E-state index contributed by atoms with van der Waals surface area (Å²) in [6.07, 6.45) is 4.67. The Kier molecular flexibility index (Phi) is 4.71. The fourth-order valence-electron chi connectivity index (χ4n) is 3.28. The molecule has 3 rings (SSSR count). The lowest BCUT2D eigenvalue weighted by atomic mass is 10.00. The van der Waals surface area contributed by atoms with Gasteiger partial charge in [-0.05, 0) is 48.8 Å². The molecule has 0 spiro atoms. The second kappa shape index (κ2) is 6.73. The normalized spacial score (nSPS) is 23.8. The van der Waals surface area contributed by atoms with Gasteiger partial charge in [-0.1, -0.05) is 13.3 Å². The van der Waals surface area contributed by atoms with E-state index in [-0.39, 0.29) is 17.9 Å². The molecule has 1 aliphatic heterocycles. The first-order valence-corrected chi connectivity index (χ1v) is 9.07. The van der Waals surface area contributed by atoms with Crippen LogP contribution >= 0.6 is 11.8 Å². The monoisotopic (exact) mass is 318 g/mol. The van der Waals surface area contributed by atoms with Crippen LogP contribution < -0.4 is 10.6 Å². The second-order valence-electron chi connectivity index (χ2n) is 5.92. The number of carbonyl (C=O) groups is 2. The van der Waals surface area contributed by atoms with Crippen LogP contribution in [-0.4, -0.2) is 28.9 Å². The van der Waals surface area contributed by atoms with E-state index in [0.29, 0.717) is 23.7 Å². The van der Waals surface area contributed by atoms with Gasteiger partial charge in [0.15, 0.2) is 0 Å². The Balaban J connectivity index is 1.69. The van der Waals surface area contributed by atoms with Gasteiger partial charge in [0, 0.05) is 29.0 Å². The molecule has 1 fully saturated rings. The molecule has 1 aromatic carbocycles. The van der Waals surface area contributed by atoms with Gasteiger partial charge in [0.2, 0.25) is 5.91 Å². The number of benzene rings is 1. The van der Waals surface area contributed by atoms with E-state index < -0.39 is 0 Å². The highest BCUT2D eigenvalue weighted by atomic mass is 32.2. The molecular formula is C17H22N2O2S. The molecule has 2 aliphatic rings. The number of carbonyl (C=O) groups excluding carboxylic acids is 2. The summed E-state index contributed by atoms with van der Waals surface area (Å²) in [5.41, 5.74) is 2.59. The average Bonchev–Trinajstić information content (AvgIpc) is 2.94. The Hall–Kier alpha value is -1.49. The number of fused-ring (bicyclic) bond motifs is 1. The molecule has 1 aliphatic carbocycles. The highest BCUT2D eigenvalue weighted by molar-refractivity contribution is 7.99. The molecule has 0 aromatic heterocycles. The van der Waals surface area contributed by atoms with Gasteiger partial charge in [-0.15, -0.1) is 0 Å². The summed E-state index contributed by atoms with van der Waals surface area (Å²) >= 11 is 1.95. The smallest absolute Gasteiger partial charge is 0.251 e. The van der Waals surface area contributed by atoms with Gasteiger partial charge < -0.3 is 10.6 Å². The van der Waals surface area contributed by atoms with E-state index >= 15 is 0 Å². The number of amides is 2. The molecule has 0 radical (unpaired) electrons. The van der Waals surface area contributed by atoms with E-state index in [9.17, 15) is 9.59 Å². The highest BCUT2D eigenvalue weighted by Gasteiger charge is 2.28. The molecule has 5 heteroatoms. The zero-order chi connectivity index (χ0) is 15.5. The van der Waals surface area contributed by atoms with Crippen molar-refractivity contribution in [1.82, 2.24) is 5.32 Å². The van der Waals surface area contributed by atoms with Crippen molar-refractivity contribution < 1.29 is 9.59 Å². The zero-order valence-electron chi connectivity index (χ0n) is 12.9. The largest absolute Gasteiger partial charge is 0.348 e. The van der Waals surface area contributed by atoms with E-state index in [1.165, 1.54) is 12.8 Å². The Bertz CT molecular complexity index is 588. The van der Waals surface area contributed by atoms with E-state index in [1.807, 2.05) is 23.9 Å². The minimum Gasteiger partial charge on any atom is -0.348 e. The van der Waals surface area contributed by atoms with Crippen LogP contribution in [0.2, 0.25) is 0 Å². The van der Waals surface area contributed by atoms with Crippen LogP contribution in [0.4, 0.5) is 5.69 Å². The summed E-state index contributed by atoms with van der Waals surface area (Å²) in [5.74, 6) is 1.15. The SMILES string of the molecule is CCS[C@@H]1CCC[C@H]1NC(=O)c1ccc2c(c1)CCC(=O)N2. The van der Waals surface area contributed by atoms with Crippen LogP contribution in [-0.2, 0) is 11.2 Å². The van der Waals surface area contributed by atoms with Crippen LogP contribution in [0.5, 0.6) is 0 Å². The van der Waals surface area contributed by atoms with Crippen molar-refractivity contribution in [3.8, 4) is 0 Å². The predicted octanol–water partition coefficient (Wildman–Crippen LogP) is 2.98. The molecule has 1 aromatic rings. The van der Waals surface area contributed by atoms with Crippen molar-refractivity contribution in [2.75, 3.05) is 11.1 Å². The van der Waals surface area contributed by atoms with Gasteiger partial charge in [-0.2, -0.15) is 11.8 Å². The quantitative estimate of drug-likeness (QED) is 0.897. The third-order valence-corrected chi connectivity index (χ3v) is 5.74. The van der Waals surface area contributed by atoms with Crippen LogP contribution in [0.25, 0.3) is 0 Å².